The molecule has 1 saturated heterocycles. The van der Waals surface area contributed by atoms with Crippen LogP contribution in [0.1, 0.15) is 51.1 Å². The quantitative estimate of drug-likeness (QED) is 0.925. The Morgan fingerprint density at radius 2 is 2.14 bits per heavy atom. The Morgan fingerprint density at radius 3 is 2.86 bits per heavy atom. The van der Waals surface area contributed by atoms with E-state index in [0.29, 0.717) is 11.5 Å². The van der Waals surface area contributed by atoms with Crippen LogP contribution in [0, 0.1) is 11.3 Å². The minimum atomic E-state index is 0.502. The fourth-order valence-corrected chi connectivity index (χ4v) is 3.84. The number of pyridine rings is 1. The Bertz CT molecular complexity index is 433. The molecule has 1 saturated carbocycles. The zero-order valence-electron chi connectivity index (χ0n) is 13.5. The van der Waals surface area contributed by atoms with Crippen LogP contribution < -0.4 is 5.32 Å². The van der Waals surface area contributed by atoms with Crippen molar-refractivity contribution >= 4 is 0 Å². The smallest absolute Gasteiger partial charge is 0.0488 e. The van der Waals surface area contributed by atoms with E-state index in [1.807, 2.05) is 12.4 Å². The Hall–Kier alpha value is -0.930. The largest absolute Gasteiger partial charge is 0.314 e. The molecule has 1 atom stereocenters. The Balaban J connectivity index is 1.63. The topological polar surface area (TPSA) is 28.2 Å². The maximum Gasteiger partial charge on any atom is 0.0488 e. The predicted molar refractivity (Wildman–Crippen MR) is 87.2 cm³/mol. The third-order valence-electron chi connectivity index (χ3n) is 5.37. The van der Waals surface area contributed by atoms with Gasteiger partial charge in [-0.2, -0.15) is 0 Å². The molecule has 0 aromatic carbocycles. The number of aromatic nitrogens is 1. The molecule has 0 radical (unpaired) electrons. The first-order valence-corrected chi connectivity index (χ1v) is 8.49. The number of nitrogens with zero attached hydrogens (tertiary/aromatic N) is 2. The molecule has 1 aromatic heterocycles. The summed E-state index contributed by atoms with van der Waals surface area (Å²) in [5, 5.41) is 3.54. The summed E-state index contributed by atoms with van der Waals surface area (Å²) in [4.78, 5) is 7.00. The molecule has 1 aliphatic carbocycles. The average molecular weight is 287 g/mol. The minimum Gasteiger partial charge on any atom is -0.314 e. The molecule has 3 rings (SSSR count). The second-order valence-corrected chi connectivity index (χ2v) is 7.61. The molecule has 2 fully saturated rings. The standard InChI is InChI=1S/C18H29N3/c1-18(2)7-5-15(6-8-18)14-21-11-10-20-13-17(21)16-4-3-9-19-12-16/h3-4,9,12,15,17,20H,5-8,10-11,13-14H2,1-2H3. The van der Waals surface area contributed by atoms with E-state index >= 15 is 0 Å². The Kier molecular flexibility index (Phi) is 4.60. The number of piperazine rings is 1. The van der Waals surface area contributed by atoms with E-state index in [1.54, 1.807) is 0 Å². The zero-order chi connectivity index (χ0) is 14.7. The van der Waals surface area contributed by atoms with Crippen molar-refractivity contribution < 1.29 is 0 Å². The van der Waals surface area contributed by atoms with Crippen LogP contribution in [0.25, 0.3) is 0 Å². The van der Waals surface area contributed by atoms with Crippen molar-refractivity contribution in [1.82, 2.24) is 15.2 Å². The molecule has 1 unspecified atom stereocenters. The first-order chi connectivity index (χ1) is 10.1. The van der Waals surface area contributed by atoms with Crippen LogP contribution in [0.2, 0.25) is 0 Å². The van der Waals surface area contributed by atoms with E-state index in [0.717, 1.165) is 19.0 Å². The van der Waals surface area contributed by atoms with Gasteiger partial charge in [0.15, 0.2) is 0 Å². The van der Waals surface area contributed by atoms with Crippen LogP contribution in [0.4, 0.5) is 0 Å². The SMILES string of the molecule is CC1(C)CCC(CN2CCNCC2c2cccnc2)CC1. The lowest BCUT2D eigenvalue weighted by atomic mass is 9.73. The summed E-state index contributed by atoms with van der Waals surface area (Å²) >= 11 is 0. The lowest BCUT2D eigenvalue weighted by molar-refractivity contribution is 0.100. The second-order valence-electron chi connectivity index (χ2n) is 7.61. The maximum atomic E-state index is 4.31. The van der Waals surface area contributed by atoms with Crippen LogP contribution >= 0.6 is 0 Å². The van der Waals surface area contributed by atoms with Gasteiger partial charge in [0.1, 0.15) is 0 Å². The highest BCUT2D eigenvalue weighted by atomic mass is 15.2. The minimum absolute atomic E-state index is 0.502. The van der Waals surface area contributed by atoms with Gasteiger partial charge in [0.25, 0.3) is 0 Å². The van der Waals surface area contributed by atoms with E-state index < -0.39 is 0 Å². The van der Waals surface area contributed by atoms with E-state index in [-0.39, 0.29) is 0 Å². The van der Waals surface area contributed by atoms with Gasteiger partial charge >= 0.3 is 0 Å². The fraction of sp³-hybridized carbons (Fsp3) is 0.722. The normalized spacial score (nSPS) is 27.6. The summed E-state index contributed by atoms with van der Waals surface area (Å²) in [5.74, 6) is 0.885. The van der Waals surface area contributed by atoms with Crippen molar-refractivity contribution in [2.24, 2.45) is 11.3 Å². The van der Waals surface area contributed by atoms with Gasteiger partial charge in [0.05, 0.1) is 0 Å². The third kappa shape index (κ3) is 3.83. The summed E-state index contributed by atoms with van der Waals surface area (Å²) in [6.07, 6.45) is 9.48. The highest BCUT2D eigenvalue weighted by Crippen LogP contribution is 2.39. The second kappa shape index (κ2) is 6.45. The van der Waals surface area contributed by atoms with Crippen molar-refractivity contribution in [3.05, 3.63) is 30.1 Å². The number of hydrogen-bond donors (Lipinski definition) is 1. The molecule has 21 heavy (non-hydrogen) atoms. The third-order valence-corrected chi connectivity index (χ3v) is 5.37. The van der Waals surface area contributed by atoms with Crippen molar-refractivity contribution in [3.8, 4) is 0 Å². The van der Waals surface area contributed by atoms with Gasteiger partial charge in [0, 0.05) is 44.6 Å². The van der Waals surface area contributed by atoms with Crippen LogP contribution in [0.5, 0.6) is 0 Å². The molecule has 2 aliphatic rings. The summed E-state index contributed by atoms with van der Waals surface area (Å²) in [6, 6.07) is 4.79. The molecule has 0 amide bonds. The molecule has 1 aliphatic heterocycles. The molecule has 0 bridgehead atoms. The summed E-state index contributed by atoms with van der Waals surface area (Å²) in [5.41, 5.74) is 1.93. The molecular weight excluding hydrogens is 258 g/mol. The molecular formula is C18H29N3. The first-order valence-electron chi connectivity index (χ1n) is 8.49. The van der Waals surface area contributed by atoms with Crippen molar-refractivity contribution in [1.29, 1.82) is 0 Å². The highest BCUT2D eigenvalue weighted by molar-refractivity contribution is 5.15. The summed E-state index contributed by atoms with van der Waals surface area (Å²) in [7, 11) is 0. The maximum absolute atomic E-state index is 4.31. The molecule has 0 spiro atoms. The van der Waals surface area contributed by atoms with Crippen molar-refractivity contribution in [3.63, 3.8) is 0 Å². The van der Waals surface area contributed by atoms with Crippen LogP contribution in [-0.2, 0) is 0 Å². The molecule has 3 heteroatoms. The number of hydrogen-bond acceptors (Lipinski definition) is 3. The van der Waals surface area contributed by atoms with E-state index in [4.69, 9.17) is 0 Å². The van der Waals surface area contributed by atoms with Gasteiger partial charge in [-0.1, -0.05) is 19.9 Å². The molecule has 1 aromatic rings. The lowest BCUT2D eigenvalue weighted by Crippen LogP contribution is -2.48. The average Bonchev–Trinajstić information content (AvgIpc) is 2.51. The van der Waals surface area contributed by atoms with Crippen LogP contribution in [0.15, 0.2) is 24.5 Å². The monoisotopic (exact) mass is 287 g/mol. The van der Waals surface area contributed by atoms with Crippen LogP contribution in [0.3, 0.4) is 0 Å². The Labute approximate surface area is 129 Å². The summed E-state index contributed by atoms with van der Waals surface area (Å²) < 4.78 is 0. The van der Waals surface area contributed by atoms with Gasteiger partial charge in [0.2, 0.25) is 0 Å². The molecule has 3 nitrogen and oxygen atoms in total. The number of rotatable bonds is 3. The zero-order valence-corrected chi connectivity index (χ0v) is 13.5. The van der Waals surface area contributed by atoms with E-state index in [2.05, 4.69) is 41.2 Å². The molecule has 1 N–H and O–H groups in total. The van der Waals surface area contributed by atoms with Crippen molar-refractivity contribution in [2.75, 3.05) is 26.2 Å². The van der Waals surface area contributed by atoms with Gasteiger partial charge < -0.3 is 5.32 Å². The first kappa shape index (κ1) is 15.0. The van der Waals surface area contributed by atoms with Gasteiger partial charge in [-0.15, -0.1) is 0 Å². The van der Waals surface area contributed by atoms with Gasteiger partial charge in [-0.05, 0) is 48.6 Å². The summed E-state index contributed by atoms with van der Waals surface area (Å²) in [6.45, 7) is 9.45. The number of nitrogens with one attached hydrogen (secondary N) is 1. The predicted octanol–water partition coefficient (Wildman–Crippen LogP) is 3.24. The van der Waals surface area contributed by atoms with Crippen molar-refractivity contribution in [2.45, 2.75) is 45.6 Å². The molecule has 2 heterocycles. The van der Waals surface area contributed by atoms with Crippen LogP contribution in [-0.4, -0.2) is 36.1 Å². The van der Waals surface area contributed by atoms with E-state index in [9.17, 15) is 0 Å². The van der Waals surface area contributed by atoms with E-state index in [1.165, 1.54) is 44.3 Å². The lowest BCUT2D eigenvalue weighted by Gasteiger charge is -2.41. The van der Waals surface area contributed by atoms with Gasteiger partial charge in [-0.3, -0.25) is 9.88 Å². The fourth-order valence-electron chi connectivity index (χ4n) is 3.84. The Morgan fingerprint density at radius 1 is 1.33 bits per heavy atom. The highest BCUT2D eigenvalue weighted by Gasteiger charge is 2.30. The van der Waals surface area contributed by atoms with Gasteiger partial charge in [-0.25, -0.2) is 0 Å². The molecule has 116 valence electrons.